The lowest BCUT2D eigenvalue weighted by atomic mass is 10.3. The first kappa shape index (κ1) is 14.1. The number of anilines is 2. The van der Waals surface area contributed by atoms with Crippen LogP contribution >= 0.6 is 34.2 Å². The van der Waals surface area contributed by atoms with Crippen molar-refractivity contribution in [1.29, 1.82) is 0 Å². The third-order valence-electron chi connectivity index (χ3n) is 2.56. The summed E-state index contributed by atoms with van der Waals surface area (Å²) in [5.41, 5.74) is 7.00. The Labute approximate surface area is 129 Å². The normalized spacial score (nSPS) is 10.5. The number of rotatable bonds is 3. The van der Waals surface area contributed by atoms with Crippen LogP contribution in [-0.2, 0) is 6.54 Å². The highest BCUT2D eigenvalue weighted by molar-refractivity contribution is 14.1. The van der Waals surface area contributed by atoms with E-state index in [9.17, 15) is 4.79 Å². The Morgan fingerprint density at radius 3 is 2.95 bits per heavy atom. The van der Waals surface area contributed by atoms with Gasteiger partial charge in [0.05, 0.1) is 22.6 Å². The molecule has 1 aromatic carbocycles. The summed E-state index contributed by atoms with van der Waals surface area (Å²) in [6.07, 6.45) is 1.47. The first-order valence-corrected chi connectivity index (χ1v) is 7.06. The van der Waals surface area contributed by atoms with Gasteiger partial charge in [0, 0.05) is 10.1 Å². The molecule has 0 bridgehead atoms. The quantitative estimate of drug-likeness (QED) is 0.791. The lowest BCUT2D eigenvalue weighted by Gasteiger charge is -2.09. The zero-order chi connectivity index (χ0) is 14.0. The number of aryl methyl sites for hydroxylation is 1. The van der Waals surface area contributed by atoms with Crippen LogP contribution in [0.1, 0.15) is 17.4 Å². The van der Waals surface area contributed by atoms with Crippen LogP contribution < -0.4 is 11.1 Å². The van der Waals surface area contributed by atoms with Gasteiger partial charge in [-0.1, -0.05) is 11.6 Å². The average Bonchev–Trinajstić information content (AvgIpc) is 2.74. The number of nitrogens with zero attached hydrogens (tertiary/aromatic N) is 2. The van der Waals surface area contributed by atoms with Crippen LogP contribution in [0, 0.1) is 3.57 Å². The van der Waals surface area contributed by atoms with Gasteiger partial charge in [-0.2, -0.15) is 5.10 Å². The molecule has 3 N–H and O–H groups in total. The number of hydrogen-bond acceptors (Lipinski definition) is 3. The molecule has 0 fully saturated rings. The Hall–Kier alpha value is -1.28. The standard InChI is InChI=1S/C12H12ClIN4O/c1-2-18-11(9(15)6-16-18)12(19)17-10-4-3-7(14)5-8(10)13/h3-6H,2,15H2,1H3,(H,17,19). The Morgan fingerprint density at radius 1 is 1.58 bits per heavy atom. The van der Waals surface area contributed by atoms with Gasteiger partial charge in [0.25, 0.3) is 5.91 Å². The number of amides is 1. The zero-order valence-electron chi connectivity index (χ0n) is 10.2. The molecule has 2 rings (SSSR count). The average molecular weight is 391 g/mol. The van der Waals surface area contributed by atoms with E-state index in [1.165, 1.54) is 6.20 Å². The van der Waals surface area contributed by atoms with Crippen molar-refractivity contribution in [3.8, 4) is 0 Å². The van der Waals surface area contributed by atoms with Crippen molar-refractivity contribution < 1.29 is 4.79 Å². The van der Waals surface area contributed by atoms with Crippen LogP contribution in [0.4, 0.5) is 11.4 Å². The van der Waals surface area contributed by atoms with E-state index < -0.39 is 0 Å². The van der Waals surface area contributed by atoms with Crippen molar-refractivity contribution >= 4 is 51.5 Å². The van der Waals surface area contributed by atoms with E-state index in [-0.39, 0.29) is 5.91 Å². The van der Waals surface area contributed by atoms with Gasteiger partial charge in [-0.3, -0.25) is 9.48 Å². The molecule has 5 nitrogen and oxygen atoms in total. The highest BCUT2D eigenvalue weighted by Gasteiger charge is 2.17. The maximum atomic E-state index is 12.2. The Morgan fingerprint density at radius 2 is 2.32 bits per heavy atom. The second kappa shape index (κ2) is 5.79. The first-order chi connectivity index (χ1) is 9.02. The minimum atomic E-state index is -0.319. The predicted octanol–water partition coefficient (Wildman–Crippen LogP) is 3.00. The summed E-state index contributed by atoms with van der Waals surface area (Å²) >= 11 is 8.23. The topological polar surface area (TPSA) is 72.9 Å². The molecular formula is C12H12ClIN4O. The maximum Gasteiger partial charge on any atom is 0.276 e. The van der Waals surface area contributed by atoms with E-state index in [4.69, 9.17) is 17.3 Å². The number of nitrogens with two attached hydrogens (primary N) is 1. The summed E-state index contributed by atoms with van der Waals surface area (Å²) in [4.78, 5) is 12.2. The Balaban J connectivity index is 2.28. The SMILES string of the molecule is CCn1ncc(N)c1C(=O)Nc1ccc(I)cc1Cl. The monoisotopic (exact) mass is 390 g/mol. The fourth-order valence-electron chi connectivity index (χ4n) is 1.66. The van der Waals surface area contributed by atoms with E-state index in [0.717, 1.165) is 3.57 Å². The third-order valence-corrected chi connectivity index (χ3v) is 3.55. The number of halogens is 2. The molecule has 1 amide bonds. The number of benzene rings is 1. The third kappa shape index (κ3) is 3.01. The minimum Gasteiger partial charge on any atom is -0.396 e. The van der Waals surface area contributed by atoms with E-state index in [2.05, 4.69) is 33.0 Å². The van der Waals surface area contributed by atoms with Gasteiger partial charge in [-0.15, -0.1) is 0 Å². The number of carbonyl (C=O) groups excluding carboxylic acids is 1. The van der Waals surface area contributed by atoms with Crippen LogP contribution in [-0.4, -0.2) is 15.7 Å². The molecule has 0 unspecified atom stereocenters. The predicted molar refractivity (Wildman–Crippen MR) is 84.4 cm³/mol. The molecule has 19 heavy (non-hydrogen) atoms. The number of nitrogen functional groups attached to an aromatic ring is 1. The van der Waals surface area contributed by atoms with E-state index in [1.807, 2.05) is 13.0 Å². The zero-order valence-corrected chi connectivity index (χ0v) is 13.1. The fraction of sp³-hybridized carbons (Fsp3) is 0.167. The van der Waals surface area contributed by atoms with Crippen LogP contribution in [0.5, 0.6) is 0 Å². The molecule has 0 atom stereocenters. The summed E-state index contributed by atoms with van der Waals surface area (Å²) in [5, 5.41) is 7.26. The van der Waals surface area contributed by atoms with Gasteiger partial charge in [0.15, 0.2) is 0 Å². The van der Waals surface area contributed by atoms with Crippen molar-refractivity contribution in [2.75, 3.05) is 11.1 Å². The summed E-state index contributed by atoms with van der Waals surface area (Å²) in [6, 6.07) is 5.39. The van der Waals surface area contributed by atoms with Crippen LogP contribution in [0.15, 0.2) is 24.4 Å². The second-order valence-corrected chi connectivity index (χ2v) is 5.50. The number of hydrogen-bond donors (Lipinski definition) is 2. The van der Waals surface area contributed by atoms with Gasteiger partial charge in [0.1, 0.15) is 5.69 Å². The van der Waals surface area contributed by atoms with Crippen molar-refractivity contribution in [3.63, 3.8) is 0 Å². The number of aromatic nitrogens is 2. The summed E-state index contributed by atoms with van der Waals surface area (Å²) in [7, 11) is 0. The van der Waals surface area contributed by atoms with Gasteiger partial charge < -0.3 is 11.1 Å². The number of carbonyl (C=O) groups is 1. The molecule has 1 heterocycles. The van der Waals surface area contributed by atoms with Crippen molar-refractivity contribution in [3.05, 3.63) is 38.7 Å². The minimum absolute atomic E-state index is 0.319. The van der Waals surface area contributed by atoms with Gasteiger partial charge in [-0.05, 0) is 47.7 Å². The molecule has 0 radical (unpaired) electrons. The van der Waals surface area contributed by atoms with Gasteiger partial charge >= 0.3 is 0 Å². The fourth-order valence-corrected chi connectivity index (χ4v) is 2.56. The molecular weight excluding hydrogens is 379 g/mol. The highest BCUT2D eigenvalue weighted by Crippen LogP contribution is 2.25. The number of nitrogens with one attached hydrogen (secondary N) is 1. The van der Waals surface area contributed by atoms with Crippen molar-refractivity contribution in [2.24, 2.45) is 0 Å². The Kier molecular flexibility index (Phi) is 4.31. The molecule has 0 aliphatic heterocycles. The van der Waals surface area contributed by atoms with Crippen LogP contribution in [0.2, 0.25) is 5.02 Å². The summed E-state index contributed by atoms with van der Waals surface area (Å²) in [6.45, 7) is 2.46. The maximum absolute atomic E-state index is 12.2. The van der Waals surface area contributed by atoms with Crippen molar-refractivity contribution in [1.82, 2.24) is 9.78 Å². The molecule has 0 aliphatic rings. The summed E-state index contributed by atoms with van der Waals surface area (Å²) < 4.78 is 2.55. The molecule has 0 saturated heterocycles. The van der Waals surface area contributed by atoms with Gasteiger partial charge in [-0.25, -0.2) is 0 Å². The smallest absolute Gasteiger partial charge is 0.276 e. The van der Waals surface area contributed by atoms with Crippen LogP contribution in [0.25, 0.3) is 0 Å². The Bertz CT molecular complexity index is 626. The lowest BCUT2D eigenvalue weighted by molar-refractivity contribution is 0.101. The first-order valence-electron chi connectivity index (χ1n) is 5.60. The molecule has 1 aromatic heterocycles. The highest BCUT2D eigenvalue weighted by atomic mass is 127. The molecule has 0 saturated carbocycles. The van der Waals surface area contributed by atoms with E-state index >= 15 is 0 Å². The van der Waals surface area contributed by atoms with Crippen LogP contribution in [0.3, 0.4) is 0 Å². The molecule has 100 valence electrons. The molecule has 2 aromatic rings. The summed E-state index contributed by atoms with van der Waals surface area (Å²) in [5.74, 6) is -0.319. The second-order valence-electron chi connectivity index (χ2n) is 3.84. The molecule has 7 heteroatoms. The molecule has 0 aliphatic carbocycles. The van der Waals surface area contributed by atoms with Gasteiger partial charge in [0.2, 0.25) is 0 Å². The van der Waals surface area contributed by atoms with E-state index in [1.54, 1.807) is 16.8 Å². The largest absolute Gasteiger partial charge is 0.396 e. The van der Waals surface area contributed by atoms with E-state index in [0.29, 0.717) is 28.6 Å². The molecule has 0 spiro atoms. The van der Waals surface area contributed by atoms with Crippen molar-refractivity contribution in [2.45, 2.75) is 13.5 Å². The lowest BCUT2D eigenvalue weighted by Crippen LogP contribution is -2.19.